The molecule has 0 spiro atoms. The highest BCUT2D eigenvalue weighted by molar-refractivity contribution is 5.76. The maximum absolute atomic E-state index is 12.6. The van der Waals surface area contributed by atoms with Crippen LogP contribution in [-0.2, 0) is 22.6 Å². The predicted molar refractivity (Wildman–Crippen MR) is 101 cm³/mol. The third-order valence-corrected chi connectivity index (χ3v) is 4.07. The van der Waals surface area contributed by atoms with Crippen molar-refractivity contribution in [1.29, 1.82) is 0 Å². The SMILES string of the molecule is CCOCCOCc1cccc(Cn2c(=O)[nH]c3ccccc3c2=O)c1. The van der Waals surface area contributed by atoms with Crippen LogP contribution < -0.4 is 11.2 Å². The molecule has 1 N–H and O–H groups in total. The Labute approximate surface area is 151 Å². The minimum Gasteiger partial charge on any atom is -0.379 e. The number of aromatic nitrogens is 2. The first-order valence-electron chi connectivity index (χ1n) is 8.64. The normalized spacial score (nSPS) is 11.1. The van der Waals surface area contributed by atoms with Gasteiger partial charge in [-0.2, -0.15) is 0 Å². The Balaban J connectivity index is 1.77. The van der Waals surface area contributed by atoms with E-state index in [0.717, 1.165) is 11.1 Å². The average Bonchev–Trinajstić information content (AvgIpc) is 2.65. The number of aromatic amines is 1. The first kappa shape index (κ1) is 18.1. The van der Waals surface area contributed by atoms with Gasteiger partial charge in [0.1, 0.15) is 0 Å². The minimum absolute atomic E-state index is 0.214. The number of hydrogen-bond donors (Lipinski definition) is 1. The number of nitrogens with zero attached hydrogens (tertiary/aromatic N) is 1. The summed E-state index contributed by atoms with van der Waals surface area (Å²) >= 11 is 0. The molecule has 0 aliphatic carbocycles. The van der Waals surface area contributed by atoms with E-state index in [1.165, 1.54) is 4.57 Å². The number of benzene rings is 2. The summed E-state index contributed by atoms with van der Waals surface area (Å²) in [6, 6.07) is 14.7. The molecule has 0 atom stereocenters. The van der Waals surface area contributed by atoms with Crippen LogP contribution in [0, 0.1) is 0 Å². The summed E-state index contributed by atoms with van der Waals surface area (Å²) in [5.41, 5.74) is 1.72. The Morgan fingerprint density at radius 1 is 0.962 bits per heavy atom. The molecule has 0 fully saturated rings. The largest absolute Gasteiger partial charge is 0.379 e. The molecule has 136 valence electrons. The van der Waals surface area contributed by atoms with Crippen molar-refractivity contribution >= 4 is 10.9 Å². The fraction of sp³-hybridized carbons (Fsp3) is 0.300. The summed E-state index contributed by atoms with van der Waals surface area (Å²) in [5, 5.41) is 0.502. The molecule has 1 aromatic heterocycles. The van der Waals surface area contributed by atoms with Crippen molar-refractivity contribution in [2.24, 2.45) is 0 Å². The molecule has 0 amide bonds. The third-order valence-electron chi connectivity index (χ3n) is 4.07. The van der Waals surface area contributed by atoms with Gasteiger partial charge in [0.05, 0.1) is 37.3 Å². The lowest BCUT2D eigenvalue weighted by molar-refractivity contribution is 0.0453. The zero-order valence-electron chi connectivity index (χ0n) is 14.7. The van der Waals surface area contributed by atoms with E-state index >= 15 is 0 Å². The zero-order chi connectivity index (χ0) is 18.4. The van der Waals surface area contributed by atoms with E-state index in [1.807, 2.05) is 31.2 Å². The smallest absolute Gasteiger partial charge is 0.329 e. The minimum atomic E-state index is -0.410. The number of ether oxygens (including phenoxy) is 2. The summed E-state index contributed by atoms with van der Waals surface area (Å²) in [4.78, 5) is 27.7. The fourth-order valence-corrected chi connectivity index (χ4v) is 2.80. The van der Waals surface area contributed by atoms with E-state index in [1.54, 1.807) is 24.3 Å². The van der Waals surface area contributed by atoms with Crippen LogP contribution in [-0.4, -0.2) is 29.4 Å². The molecule has 1 heterocycles. The van der Waals surface area contributed by atoms with Crippen LogP contribution in [0.5, 0.6) is 0 Å². The lowest BCUT2D eigenvalue weighted by Crippen LogP contribution is -2.35. The van der Waals surface area contributed by atoms with Crippen molar-refractivity contribution in [1.82, 2.24) is 9.55 Å². The fourth-order valence-electron chi connectivity index (χ4n) is 2.80. The molecule has 0 aliphatic rings. The first-order chi connectivity index (χ1) is 12.7. The summed E-state index contributed by atoms with van der Waals surface area (Å²) in [6.07, 6.45) is 0. The maximum Gasteiger partial charge on any atom is 0.329 e. The van der Waals surface area contributed by atoms with Crippen LogP contribution in [0.2, 0.25) is 0 Å². The molecule has 0 saturated carbocycles. The molecule has 0 radical (unpaired) electrons. The average molecular weight is 354 g/mol. The second-order valence-electron chi connectivity index (χ2n) is 5.94. The second kappa shape index (κ2) is 8.60. The van der Waals surface area contributed by atoms with Crippen LogP contribution >= 0.6 is 0 Å². The first-order valence-corrected chi connectivity index (χ1v) is 8.64. The van der Waals surface area contributed by atoms with Gasteiger partial charge in [-0.3, -0.25) is 9.36 Å². The highest BCUT2D eigenvalue weighted by atomic mass is 16.5. The number of nitrogens with one attached hydrogen (secondary N) is 1. The Morgan fingerprint density at radius 3 is 2.58 bits per heavy atom. The van der Waals surface area contributed by atoms with Gasteiger partial charge in [0.15, 0.2) is 0 Å². The molecular weight excluding hydrogens is 332 g/mol. The van der Waals surface area contributed by atoms with Gasteiger partial charge >= 0.3 is 5.69 Å². The molecule has 0 saturated heterocycles. The third kappa shape index (κ3) is 4.28. The van der Waals surface area contributed by atoms with Crippen molar-refractivity contribution in [3.63, 3.8) is 0 Å². The van der Waals surface area contributed by atoms with Crippen LogP contribution in [0.25, 0.3) is 10.9 Å². The van der Waals surface area contributed by atoms with Gasteiger partial charge in [-0.25, -0.2) is 4.79 Å². The number of hydrogen-bond acceptors (Lipinski definition) is 4. The standard InChI is InChI=1S/C20H22N2O4/c1-2-25-10-11-26-14-16-7-5-6-15(12-16)13-22-19(23)17-8-3-4-9-18(17)21-20(22)24/h3-9,12H,2,10-11,13-14H2,1H3,(H,21,24). The number of para-hydroxylation sites is 1. The molecule has 0 unspecified atom stereocenters. The zero-order valence-corrected chi connectivity index (χ0v) is 14.7. The van der Waals surface area contributed by atoms with Gasteiger partial charge in [0.25, 0.3) is 5.56 Å². The van der Waals surface area contributed by atoms with Crippen LogP contribution in [0.3, 0.4) is 0 Å². The lowest BCUT2D eigenvalue weighted by Gasteiger charge is -2.09. The van der Waals surface area contributed by atoms with Gasteiger partial charge < -0.3 is 14.5 Å². The highest BCUT2D eigenvalue weighted by Crippen LogP contribution is 2.08. The van der Waals surface area contributed by atoms with Crippen molar-refractivity contribution in [2.45, 2.75) is 20.1 Å². The summed E-state index contributed by atoms with van der Waals surface area (Å²) < 4.78 is 12.0. The van der Waals surface area contributed by atoms with Gasteiger partial charge in [-0.05, 0) is 30.2 Å². The quantitative estimate of drug-likeness (QED) is 0.630. The van der Waals surface area contributed by atoms with Crippen LogP contribution in [0.1, 0.15) is 18.1 Å². The summed E-state index contributed by atoms with van der Waals surface area (Å²) in [5.74, 6) is 0. The Bertz CT molecular complexity index is 991. The van der Waals surface area contributed by atoms with E-state index < -0.39 is 5.69 Å². The van der Waals surface area contributed by atoms with Gasteiger partial charge in [-0.15, -0.1) is 0 Å². The maximum atomic E-state index is 12.6. The van der Waals surface area contributed by atoms with E-state index in [2.05, 4.69) is 4.98 Å². The van der Waals surface area contributed by atoms with E-state index in [4.69, 9.17) is 9.47 Å². The molecule has 3 rings (SSSR count). The van der Waals surface area contributed by atoms with Crippen molar-refractivity contribution in [3.05, 3.63) is 80.5 Å². The monoisotopic (exact) mass is 354 g/mol. The molecule has 0 aliphatic heterocycles. The molecule has 0 bridgehead atoms. The Hall–Kier alpha value is -2.70. The molecule has 6 heteroatoms. The highest BCUT2D eigenvalue weighted by Gasteiger charge is 2.08. The van der Waals surface area contributed by atoms with Crippen LogP contribution in [0.4, 0.5) is 0 Å². The molecule has 2 aromatic carbocycles. The predicted octanol–water partition coefficient (Wildman–Crippen LogP) is 2.29. The molecule has 6 nitrogen and oxygen atoms in total. The number of H-pyrrole nitrogens is 1. The van der Waals surface area contributed by atoms with Gasteiger partial charge in [0.2, 0.25) is 0 Å². The van der Waals surface area contributed by atoms with E-state index in [-0.39, 0.29) is 12.1 Å². The summed E-state index contributed by atoms with van der Waals surface area (Å²) in [6.45, 7) is 4.39. The van der Waals surface area contributed by atoms with E-state index in [9.17, 15) is 9.59 Å². The summed E-state index contributed by atoms with van der Waals surface area (Å²) in [7, 11) is 0. The molecule has 26 heavy (non-hydrogen) atoms. The van der Waals surface area contributed by atoms with Crippen molar-refractivity contribution in [2.75, 3.05) is 19.8 Å². The van der Waals surface area contributed by atoms with Crippen molar-refractivity contribution in [3.8, 4) is 0 Å². The van der Waals surface area contributed by atoms with Gasteiger partial charge in [0, 0.05) is 6.61 Å². The number of rotatable bonds is 8. The molecule has 3 aromatic rings. The second-order valence-corrected chi connectivity index (χ2v) is 5.94. The topological polar surface area (TPSA) is 73.3 Å². The van der Waals surface area contributed by atoms with Crippen molar-refractivity contribution < 1.29 is 9.47 Å². The Kier molecular flexibility index (Phi) is 5.99. The van der Waals surface area contributed by atoms with Gasteiger partial charge in [-0.1, -0.05) is 36.4 Å². The number of fused-ring (bicyclic) bond motifs is 1. The molecular formula is C20H22N2O4. The van der Waals surface area contributed by atoms with Crippen LogP contribution in [0.15, 0.2) is 58.1 Å². The van der Waals surface area contributed by atoms with E-state index in [0.29, 0.717) is 37.3 Å². The lowest BCUT2D eigenvalue weighted by atomic mass is 10.1. The Morgan fingerprint density at radius 2 is 1.73 bits per heavy atom.